The summed E-state index contributed by atoms with van der Waals surface area (Å²) < 4.78 is 17.6. The largest absolute Gasteiger partial charge is 0.489 e. The van der Waals surface area contributed by atoms with Crippen molar-refractivity contribution in [3.63, 3.8) is 0 Å². The number of nitrogens with two attached hydrogens (primary N) is 2. The normalized spacial score (nSPS) is 12.0. The minimum atomic E-state index is -0.925. The molecule has 8 heteroatoms. The number of esters is 1. The number of carboxylic acid groups (broad SMARTS) is 1. The summed E-state index contributed by atoms with van der Waals surface area (Å²) in [6.45, 7) is 4.30. The molecule has 198 valence electrons. The van der Waals surface area contributed by atoms with Gasteiger partial charge < -0.3 is 30.5 Å². The number of hydrogen-bond donors (Lipinski definition) is 3. The Hall–Kier alpha value is -4.14. The molecule has 0 radical (unpaired) electrons. The van der Waals surface area contributed by atoms with Crippen LogP contribution in [0.25, 0.3) is 22.1 Å². The zero-order valence-electron chi connectivity index (χ0n) is 21.5. The number of aliphatic carboxylic acids is 1. The molecule has 0 saturated heterocycles. The maximum absolute atomic E-state index is 12.2. The lowest BCUT2D eigenvalue weighted by Crippen LogP contribution is -2.36. The van der Waals surface area contributed by atoms with Crippen LogP contribution in [0.5, 0.6) is 5.75 Å². The van der Waals surface area contributed by atoms with Gasteiger partial charge in [-0.05, 0) is 52.9 Å². The van der Waals surface area contributed by atoms with E-state index in [1.807, 2.05) is 62.4 Å². The van der Waals surface area contributed by atoms with Crippen molar-refractivity contribution in [3.8, 4) is 16.9 Å². The van der Waals surface area contributed by atoms with E-state index in [1.165, 1.54) is 0 Å². The molecular formula is C30H32N2O6. The average Bonchev–Trinajstić information content (AvgIpc) is 3.33. The molecule has 0 aliphatic carbocycles. The highest BCUT2D eigenvalue weighted by molar-refractivity contribution is 5.93. The molecule has 0 bridgehead atoms. The Morgan fingerprint density at radius 3 is 2.50 bits per heavy atom. The molecule has 1 atom stereocenters. The molecule has 0 fully saturated rings. The molecule has 5 N–H and O–H groups in total. The monoisotopic (exact) mass is 516 g/mol. The topological polar surface area (TPSA) is 138 Å². The highest BCUT2D eigenvalue weighted by atomic mass is 16.5. The standard InChI is InChI=1S/C30H32N2O6/c1-18(2)28(32)30(35)37-17-24-13-23-11-20(16-36-26-9-4-3-7-22(26)14-27(33)34)12-25(29(23)38-24)21-8-5-6-19(10-21)15-31/h3-13,18,28H,14-17,31-32H2,1-2H3,(H,33,34). The number of hydrogen-bond acceptors (Lipinski definition) is 7. The molecule has 1 heterocycles. The van der Waals surface area contributed by atoms with Crippen molar-refractivity contribution in [1.29, 1.82) is 0 Å². The summed E-state index contributed by atoms with van der Waals surface area (Å²) in [6.07, 6.45) is -0.128. The lowest BCUT2D eigenvalue weighted by atomic mass is 9.99. The Bertz CT molecular complexity index is 1440. The van der Waals surface area contributed by atoms with Crippen molar-refractivity contribution in [2.45, 2.75) is 46.1 Å². The van der Waals surface area contributed by atoms with Crippen LogP contribution in [0, 0.1) is 5.92 Å². The van der Waals surface area contributed by atoms with E-state index in [4.69, 9.17) is 25.4 Å². The molecule has 1 aromatic heterocycles. The zero-order valence-corrected chi connectivity index (χ0v) is 21.5. The van der Waals surface area contributed by atoms with Crippen molar-refractivity contribution in [3.05, 3.63) is 89.2 Å². The lowest BCUT2D eigenvalue weighted by molar-refractivity contribution is -0.148. The SMILES string of the molecule is CC(C)C(N)C(=O)OCc1cc2cc(COc3ccccc3CC(=O)O)cc(-c3cccc(CN)c3)c2o1. The quantitative estimate of drug-likeness (QED) is 0.242. The van der Waals surface area contributed by atoms with Crippen LogP contribution in [-0.4, -0.2) is 23.1 Å². The number of fused-ring (bicyclic) bond motifs is 1. The Morgan fingerprint density at radius 2 is 1.76 bits per heavy atom. The average molecular weight is 517 g/mol. The van der Waals surface area contributed by atoms with Crippen LogP contribution < -0.4 is 16.2 Å². The van der Waals surface area contributed by atoms with Crippen molar-refractivity contribution < 1.29 is 28.6 Å². The van der Waals surface area contributed by atoms with Gasteiger partial charge in [0.05, 0.1) is 6.42 Å². The number of carbonyl (C=O) groups excluding carboxylic acids is 1. The van der Waals surface area contributed by atoms with Gasteiger partial charge in [-0.25, -0.2) is 0 Å². The molecule has 8 nitrogen and oxygen atoms in total. The molecule has 0 amide bonds. The van der Waals surface area contributed by atoms with E-state index in [9.17, 15) is 14.7 Å². The lowest BCUT2D eigenvalue weighted by Gasteiger charge is -2.13. The molecule has 0 spiro atoms. The first-order chi connectivity index (χ1) is 18.2. The van der Waals surface area contributed by atoms with Crippen LogP contribution in [0.3, 0.4) is 0 Å². The number of carbonyl (C=O) groups is 2. The first kappa shape index (κ1) is 26.9. The third-order valence-electron chi connectivity index (χ3n) is 6.26. The van der Waals surface area contributed by atoms with Gasteiger partial charge in [0.2, 0.25) is 0 Å². The Morgan fingerprint density at radius 1 is 0.974 bits per heavy atom. The number of ether oxygens (including phenoxy) is 2. The molecule has 4 rings (SSSR count). The summed E-state index contributed by atoms with van der Waals surface area (Å²) in [7, 11) is 0. The van der Waals surface area contributed by atoms with Crippen LogP contribution in [0.4, 0.5) is 0 Å². The highest BCUT2D eigenvalue weighted by Gasteiger charge is 2.20. The zero-order chi connectivity index (χ0) is 27.2. The van der Waals surface area contributed by atoms with Crippen LogP contribution in [-0.2, 0) is 40.5 Å². The maximum atomic E-state index is 12.2. The molecule has 0 aliphatic heterocycles. The fourth-order valence-corrected chi connectivity index (χ4v) is 4.13. The summed E-state index contributed by atoms with van der Waals surface area (Å²) in [5.41, 5.74) is 16.6. The van der Waals surface area contributed by atoms with E-state index in [0.717, 1.165) is 27.6 Å². The van der Waals surface area contributed by atoms with Crippen molar-refractivity contribution in [1.82, 2.24) is 0 Å². The van der Waals surface area contributed by atoms with Gasteiger partial charge in [-0.15, -0.1) is 0 Å². The molecule has 0 aliphatic rings. The minimum absolute atomic E-state index is 0.0371. The second kappa shape index (κ2) is 11.9. The van der Waals surface area contributed by atoms with Crippen molar-refractivity contribution >= 4 is 22.9 Å². The third kappa shape index (κ3) is 6.40. The number of rotatable bonds is 11. The summed E-state index contributed by atoms with van der Waals surface area (Å²) in [4.78, 5) is 23.5. The Kier molecular flexibility index (Phi) is 8.45. The van der Waals surface area contributed by atoms with Crippen LogP contribution in [0.1, 0.15) is 36.3 Å². The van der Waals surface area contributed by atoms with E-state index >= 15 is 0 Å². The second-order valence-corrected chi connectivity index (χ2v) is 9.52. The van der Waals surface area contributed by atoms with Gasteiger partial charge in [-0.2, -0.15) is 0 Å². The van der Waals surface area contributed by atoms with Gasteiger partial charge in [0.15, 0.2) is 0 Å². The first-order valence-electron chi connectivity index (χ1n) is 12.4. The van der Waals surface area contributed by atoms with Gasteiger partial charge in [0.1, 0.15) is 36.3 Å². The predicted octanol–water partition coefficient (Wildman–Crippen LogP) is 4.79. The van der Waals surface area contributed by atoms with Gasteiger partial charge in [0, 0.05) is 23.1 Å². The smallest absolute Gasteiger partial charge is 0.323 e. The van der Waals surface area contributed by atoms with Gasteiger partial charge in [0.25, 0.3) is 0 Å². The molecular weight excluding hydrogens is 484 g/mol. The summed E-state index contributed by atoms with van der Waals surface area (Å²) >= 11 is 0. The van der Waals surface area contributed by atoms with Crippen LogP contribution in [0.15, 0.2) is 71.1 Å². The van der Waals surface area contributed by atoms with Crippen molar-refractivity contribution in [2.75, 3.05) is 0 Å². The fraction of sp³-hybridized carbons (Fsp3) is 0.267. The number of furan rings is 1. The predicted molar refractivity (Wildman–Crippen MR) is 144 cm³/mol. The van der Waals surface area contributed by atoms with E-state index in [-0.39, 0.29) is 25.6 Å². The fourth-order valence-electron chi connectivity index (χ4n) is 4.13. The van der Waals surface area contributed by atoms with Crippen LogP contribution in [0.2, 0.25) is 0 Å². The van der Waals surface area contributed by atoms with Gasteiger partial charge in [-0.1, -0.05) is 50.2 Å². The van der Waals surface area contributed by atoms with Gasteiger partial charge in [-0.3, -0.25) is 9.59 Å². The second-order valence-electron chi connectivity index (χ2n) is 9.52. The van der Waals surface area contributed by atoms with E-state index in [1.54, 1.807) is 18.2 Å². The minimum Gasteiger partial charge on any atom is -0.489 e. The van der Waals surface area contributed by atoms with Crippen molar-refractivity contribution in [2.24, 2.45) is 17.4 Å². The molecule has 1 unspecified atom stereocenters. The maximum Gasteiger partial charge on any atom is 0.323 e. The van der Waals surface area contributed by atoms with E-state index < -0.39 is 18.0 Å². The summed E-state index contributed by atoms with van der Waals surface area (Å²) in [6, 6.07) is 20.0. The third-order valence-corrected chi connectivity index (χ3v) is 6.26. The number of para-hydroxylation sites is 1. The Balaban J connectivity index is 1.67. The summed E-state index contributed by atoms with van der Waals surface area (Å²) in [5, 5.41) is 10.0. The number of carboxylic acids is 1. The summed E-state index contributed by atoms with van der Waals surface area (Å²) in [5.74, 6) is -0.438. The molecule has 0 saturated carbocycles. The molecule has 4 aromatic rings. The Labute approximate surface area is 221 Å². The number of benzene rings is 3. The highest BCUT2D eigenvalue weighted by Crippen LogP contribution is 2.34. The van der Waals surface area contributed by atoms with E-state index in [0.29, 0.717) is 29.2 Å². The first-order valence-corrected chi connectivity index (χ1v) is 12.4. The molecule has 3 aromatic carbocycles. The van der Waals surface area contributed by atoms with Gasteiger partial charge >= 0.3 is 11.9 Å². The van der Waals surface area contributed by atoms with Crippen LogP contribution >= 0.6 is 0 Å². The van der Waals surface area contributed by atoms with E-state index in [2.05, 4.69) is 0 Å². The molecule has 38 heavy (non-hydrogen) atoms.